The molecule has 0 saturated carbocycles. The Hall–Kier alpha value is -0.810. The molecule has 6 heteroatoms. The summed E-state index contributed by atoms with van der Waals surface area (Å²) in [6, 6.07) is 0. The monoisotopic (exact) mass is 210 g/mol. The van der Waals surface area contributed by atoms with Crippen LogP contribution in [0.4, 0.5) is 0 Å². The summed E-state index contributed by atoms with van der Waals surface area (Å²) in [5.41, 5.74) is 4.48. The van der Waals surface area contributed by atoms with E-state index >= 15 is 0 Å². The Kier molecular flexibility index (Phi) is 6.53. The highest BCUT2D eigenvalue weighted by molar-refractivity contribution is 5.88. The van der Waals surface area contributed by atoms with Gasteiger partial charge in [-0.05, 0) is 13.8 Å². The zero-order valence-corrected chi connectivity index (χ0v) is 8.73. The second-order valence-corrected chi connectivity index (χ2v) is 2.98. The highest BCUT2D eigenvalue weighted by Crippen LogP contribution is 1.94. The molecule has 0 aromatic heterocycles. The lowest BCUT2D eigenvalue weighted by Crippen LogP contribution is -2.50. The van der Waals surface area contributed by atoms with E-state index in [2.05, 4.69) is 10.1 Å². The molecule has 3 N–H and O–H groups in total. The van der Waals surface area contributed by atoms with Crippen LogP contribution in [0.15, 0.2) is 0 Å². The smallest absolute Gasteiger partial charge is 0.325 e. The molecule has 0 aliphatic carbocycles. The first-order valence-corrected chi connectivity index (χ1v) is 3.52. The minimum atomic E-state index is -0.964. The van der Waals surface area contributed by atoms with Crippen LogP contribution in [-0.2, 0) is 14.3 Å². The van der Waals surface area contributed by atoms with Gasteiger partial charge in [-0.2, -0.15) is 0 Å². The van der Waals surface area contributed by atoms with E-state index in [4.69, 9.17) is 5.73 Å². The number of amides is 1. The van der Waals surface area contributed by atoms with E-state index in [0.29, 0.717) is 0 Å². The summed E-state index contributed by atoms with van der Waals surface area (Å²) >= 11 is 0. The molecule has 5 nitrogen and oxygen atoms in total. The Morgan fingerprint density at radius 1 is 1.46 bits per heavy atom. The number of nitrogens with one attached hydrogen (secondary N) is 1. The topological polar surface area (TPSA) is 81.4 Å². The number of carbonyl (C=O) groups excluding carboxylic acids is 2. The first-order chi connectivity index (χ1) is 5.38. The number of methoxy groups -OCH3 is 1. The van der Waals surface area contributed by atoms with Crippen LogP contribution >= 0.6 is 12.4 Å². The minimum absolute atomic E-state index is 0. The van der Waals surface area contributed by atoms with Gasteiger partial charge in [0.15, 0.2) is 0 Å². The molecule has 0 saturated heterocycles. The third kappa shape index (κ3) is 6.36. The van der Waals surface area contributed by atoms with Crippen molar-refractivity contribution in [3.05, 3.63) is 0 Å². The van der Waals surface area contributed by atoms with Gasteiger partial charge in [0.2, 0.25) is 5.91 Å². The van der Waals surface area contributed by atoms with E-state index in [-0.39, 0.29) is 24.9 Å². The molecule has 78 valence electrons. The number of nitrogens with two attached hydrogens (primary N) is 1. The third-order valence-corrected chi connectivity index (χ3v) is 1.21. The molecule has 0 heterocycles. The zero-order chi connectivity index (χ0) is 9.78. The first kappa shape index (κ1) is 14.7. The molecule has 0 unspecified atom stereocenters. The molecule has 0 aliphatic heterocycles. The van der Waals surface area contributed by atoms with Gasteiger partial charge < -0.3 is 15.8 Å². The zero-order valence-electron chi connectivity index (χ0n) is 7.92. The Morgan fingerprint density at radius 3 is 2.23 bits per heavy atom. The second kappa shape index (κ2) is 5.77. The maximum atomic E-state index is 11.0. The molecule has 0 bridgehead atoms. The normalized spacial score (nSPS) is 9.85. The van der Waals surface area contributed by atoms with Crippen LogP contribution in [0.1, 0.15) is 13.8 Å². The number of hydrogen-bond acceptors (Lipinski definition) is 4. The van der Waals surface area contributed by atoms with Crippen LogP contribution in [0, 0.1) is 0 Å². The van der Waals surface area contributed by atoms with Gasteiger partial charge in [-0.1, -0.05) is 0 Å². The minimum Gasteiger partial charge on any atom is -0.468 e. The maximum Gasteiger partial charge on any atom is 0.325 e. The lowest BCUT2D eigenvalue weighted by atomic mass is 10.1. The van der Waals surface area contributed by atoms with Crippen molar-refractivity contribution in [3.63, 3.8) is 0 Å². The summed E-state index contributed by atoms with van der Waals surface area (Å²) in [6.45, 7) is 2.97. The number of hydrogen-bond donors (Lipinski definition) is 2. The molecule has 0 radical (unpaired) electrons. The van der Waals surface area contributed by atoms with Gasteiger partial charge in [0.25, 0.3) is 0 Å². The van der Waals surface area contributed by atoms with Crippen LogP contribution in [-0.4, -0.2) is 31.1 Å². The average Bonchev–Trinajstić information content (AvgIpc) is 1.97. The molecule has 0 aliphatic rings. The molecule has 0 spiro atoms. The second-order valence-electron chi connectivity index (χ2n) is 2.98. The van der Waals surface area contributed by atoms with E-state index in [1.54, 1.807) is 13.8 Å². The highest BCUT2D eigenvalue weighted by atomic mass is 35.5. The van der Waals surface area contributed by atoms with E-state index in [1.807, 2.05) is 0 Å². The maximum absolute atomic E-state index is 11.0. The summed E-state index contributed by atoms with van der Waals surface area (Å²) in [7, 11) is 1.25. The van der Waals surface area contributed by atoms with E-state index in [9.17, 15) is 9.59 Å². The molecule has 13 heavy (non-hydrogen) atoms. The molecule has 1 amide bonds. The quantitative estimate of drug-likeness (QED) is 0.612. The molecule has 0 aromatic rings. The van der Waals surface area contributed by atoms with Crippen molar-refractivity contribution in [1.82, 2.24) is 5.32 Å². The van der Waals surface area contributed by atoms with Crippen LogP contribution < -0.4 is 11.1 Å². The Morgan fingerprint density at radius 2 is 1.92 bits per heavy atom. The van der Waals surface area contributed by atoms with Crippen LogP contribution in [0.25, 0.3) is 0 Å². The molecule has 0 fully saturated rings. The van der Waals surface area contributed by atoms with Crippen molar-refractivity contribution in [2.75, 3.05) is 13.7 Å². The van der Waals surface area contributed by atoms with Gasteiger partial charge in [-0.15, -0.1) is 12.4 Å². The van der Waals surface area contributed by atoms with Crippen LogP contribution in [0.2, 0.25) is 0 Å². The first-order valence-electron chi connectivity index (χ1n) is 3.52. The fraction of sp³-hybridized carbons (Fsp3) is 0.714. The Labute approximate surface area is 83.4 Å². The Balaban J connectivity index is 0. The summed E-state index contributed by atoms with van der Waals surface area (Å²) in [5, 5.41) is 2.33. The highest BCUT2D eigenvalue weighted by Gasteiger charge is 2.21. The van der Waals surface area contributed by atoms with Crippen molar-refractivity contribution in [3.8, 4) is 0 Å². The summed E-state index contributed by atoms with van der Waals surface area (Å²) in [6.07, 6.45) is 0. The molecule has 0 rings (SSSR count). The standard InChI is InChI=1S/C7H14N2O3.ClH/c1-7(2,8)6(11)9-4-5(10)12-3;/h4,8H2,1-3H3,(H,9,11);1H. The summed E-state index contributed by atoms with van der Waals surface area (Å²) < 4.78 is 4.32. The number of ether oxygens (including phenoxy) is 1. The Bertz CT molecular complexity index is 189. The van der Waals surface area contributed by atoms with E-state index in [1.165, 1.54) is 7.11 Å². The van der Waals surface area contributed by atoms with Crippen molar-refractivity contribution in [1.29, 1.82) is 0 Å². The SMILES string of the molecule is COC(=O)CNC(=O)C(C)(C)N.Cl. The summed E-state index contributed by atoms with van der Waals surface area (Å²) in [4.78, 5) is 21.6. The largest absolute Gasteiger partial charge is 0.468 e. The fourth-order valence-corrected chi connectivity index (χ4v) is 0.452. The van der Waals surface area contributed by atoms with Crippen molar-refractivity contribution < 1.29 is 14.3 Å². The summed E-state index contributed by atoms with van der Waals surface area (Å²) in [5.74, 6) is -0.875. The number of esters is 1. The van der Waals surface area contributed by atoms with Gasteiger partial charge in [0.1, 0.15) is 6.54 Å². The van der Waals surface area contributed by atoms with Gasteiger partial charge in [0.05, 0.1) is 12.6 Å². The van der Waals surface area contributed by atoms with Crippen molar-refractivity contribution in [2.24, 2.45) is 5.73 Å². The van der Waals surface area contributed by atoms with Gasteiger partial charge in [-0.25, -0.2) is 0 Å². The number of carbonyl (C=O) groups is 2. The molecule has 0 aromatic carbocycles. The van der Waals surface area contributed by atoms with E-state index in [0.717, 1.165) is 0 Å². The average molecular weight is 211 g/mol. The van der Waals surface area contributed by atoms with Crippen molar-refractivity contribution in [2.45, 2.75) is 19.4 Å². The van der Waals surface area contributed by atoms with Crippen molar-refractivity contribution >= 4 is 24.3 Å². The van der Waals surface area contributed by atoms with Crippen LogP contribution in [0.5, 0.6) is 0 Å². The lowest BCUT2D eigenvalue weighted by Gasteiger charge is -2.16. The van der Waals surface area contributed by atoms with E-state index < -0.39 is 11.5 Å². The molecular formula is C7H15ClN2O3. The predicted octanol–water partition coefficient (Wildman–Crippen LogP) is -0.565. The van der Waals surface area contributed by atoms with Crippen LogP contribution in [0.3, 0.4) is 0 Å². The van der Waals surface area contributed by atoms with Gasteiger partial charge >= 0.3 is 5.97 Å². The number of halogens is 1. The lowest BCUT2D eigenvalue weighted by molar-refractivity contribution is -0.141. The van der Waals surface area contributed by atoms with Gasteiger partial charge in [-0.3, -0.25) is 9.59 Å². The predicted molar refractivity (Wildman–Crippen MR) is 50.5 cm³/mol. The van der Waals surface area contributed by atoms with Gasteiger partial charge in [0, 0.05) is 0 Å². The number of rotatable bonds is 3. The molecular weight excluding hydrogens is 196 g/mol. The fourth-order valence-electron chi connectivity index (χ4n) is 0.452. The molecule has 0 atom stereocenters. The third-order valence-electron chi connectivity index (χ3n) is 1.21.